The van der Waals surface area contributed by atoms with Gasteiger partial charge in [0, 0.05) is 45.8 Å². The summed E-state index contributed by atoms with van der Waals surface area (Å²) in [6.45, 7) is 11.0. The van der Waals surface area contributed by atoms with Gasteiger partial charge in [0.15, 0.2) is 5.96 Å². The molecule has 2 saturated heterocycles. The van der Waals surface area contributed by atoms with E-state index in [0.29, 0.717) is 18.8 Å². The summed E-state index contributed by atoms with van der Waals surface area (Å²) in [5.41, 5.74) is 0. The molecule has 2 aliphatic heterocycles. The smallest absolute Gasteiger partial charge is 0.236 e. The van der Waals surface area contributed by atoms with E-state index in [1.807, 2.05) is 11.8 Å². The summed E-state index contributed by atoms with van der Waals surface area (Å²) < 4.78 is 18.9. The average Bonchev–Trinajstić information content (AvgIpc) is 3.29. The summed E-state index contributed by atoms with van der Waals surface area (Å²) in [7, 11) is 0. The number of carbonyl (C=O) groups excluding carboxylic acids is 1. The van der Waals surface area contributed by atoms with E-state index >= 15 is 0 Å². The number of carbonyl (C=O) groups is 1. The van der Waals surface area contributed by atoms with Crippen molar-refractivity contribution in [3.05, 3.63) is 30.1 Å². The fourth-order valence-electron chi connectivity index (χ4n) is 3.80. The molecule has 31 heavy (non-hydrogen) atoms. The molecule has 1 aromatic rings. The zero-order chi connectivity index (χ0) is 21.3. The fourth-order valence-corrected chi connectivity index (χ4v) is 3.80. The number of halogens is 2. The van der Waals surface area contributed by atoms with Crippen molar-refractivity contribution in [2.45, 2.75) is 32.8 Å². The highest BCUT2D eigenvalue weighted by Crippen LogP contribution is 2.13. The number of ether oxygens (including phenoxy) is 1. The van der Waals surface area contributed by atoms with Gasteiger partial charge in [0.2, 0.25) is 5.91 Å². The largest absolute Gasteiger partial charge is 0.489 e. The number of piperazine rings is 1. The predicted octanol–water partition coefficient (Wildman–Crippen LogP) is 2.42. The number of amides is 1. The molecule has 0 radical (unpaired) electrons. The van der Waals surface area contributed by atoms with Gasteiger partial charge in [-0.2, -0.15) is 0 Å². The van der Waals surface area contributed by atoms with Gasteiger partial charge in [0.25, 0.3) is 0 Å². The molecule has 2 heterocycles. The third-order valence-corrected chi connectivity index (χ3v) is 5.47. The normalized spacial score (nSPS) is 18.5. The average molecular weight is 547 g/mol. The van der Waals surface area contributed by atoms with Crippen LogP contribution >= 0.6 is 24.0 Å². The van der Waals surface area contributed by atoms with Crippen molar-refractivity contribution in [3.63, 3.8) is 0 Å². The second-order valence-corrected chi connectivity index (χ2v) is 7.93. The molecule has 0 aromatic heterocycles. The van der Waals surface area contributed by atoms with Crippen LogP contribution in [0.2, 0.25) is 0 Å². The molecule has 7 nitrogen and oxygen atoms in total. The van der Waals surface area contributed by atoms with Gasteiger partial charge in [-0.05, 0) is 51.0 Å². The standard InChI is InChI=1S/C22H34FN5O2.HI/c1-3-24-22(25-16-18(2)30-20-8-6-19(23)7-9-20)28-14-12-26(13-15-28)17-21(29)27-10-4-5-11-27;/h6-9,18H,3-5,10-17H2,1-2H3,(H,24,25);1H. The van der Waals surface area contributed by atoms with E-state index in [9.17, 15) is 9.18 Å². The lowest BCUT2D eigenvalue weighted by Crippen LogP contribution is -2.54. The van der Waals surface area contributed by atoms with Crippen molar-refractivity contribution in [3.8, 4) is 5.75 Å². The summed E-state index contributed by atoms with van der Waals surface area (Å²) in [5.74, 6) is 1.50. The molecule has 0 aliphatic carbocycles. The Morgan fingerprint density at radius 3 is 2.35 bits per heavy atom. The highest BCUT2D eigenvalue weighted by atomic mass is 127. The van der Waals surface area contributed by atoms with E-state index < -0.39 is 0 Å². The predicted molar refractivity (Wildman–Crippen MR) is 132 cm³/mol. The van der Waals surface area contributed by atoms with Crippen LogP contribution in [0.5, 0.6) is 5.75 Å². The first kappa shape index (κ1) is 25.6. The SMILES string of the molecule is CCNC(=NCC(C)Oc1ccc(F)cc1)N1CCN(CC(=O)N2CCCC2)CC1.I. The van der Waals surface area contributed by atoms with E-state index in [-0.39, 0.29) is 41.8 Å². The quantitative estimate of drug-likeness (QED) is 0.323. The minimum absolute atomic E-state index is 0. The molecule has 2 aliphatic rings. The summed E-state index contributed by atoms with van der Waals surface area (Å²) in [6.07, 6.45) is 2.14. The third kappa shape index (κ3) is 8.10. The molecule has 1 atom stereocenters. The van der Waals surface area contributed by atoms with Crippen molar-refractivity contribution in [2.24, 2.45) is 4.99 Å². The van der Waals surface area contributed by atoms with Crippen molar-refractivity contribution < 1.29 is 13.9 Å². The molecule has 2 fully saturated rings. The van der Waals surface area contributed by atoms with Crippen LogP contribution < -0.4 is 10.1 Å². The molecular weight excluding hydrogens is 512 g/mol. The van der Waals surface area contributed by atoms with Crippen LogP contribution in [0.4, 0.5) is 4.39 Å². The Balaban J connectivity index is 0.00000341. The first-order valence-corrected chi connectivity index (χ1v) is 11.0. The second kappa shape index (κ2) is 13.0. The second-order valence-electron chi connectivity index (χ2n) is 7.93. The van der Waals surface area contributed by atoms with Crippen molar-refractivity contribution >= 4 is 35.8 Å². The highest BCUT2D eigenvalue weighted by molar-refractivity contribution is 14.0. The number of nitrogens with zero attached hydrogens (tertiary/aromatic N) is 4. The topological polar surface area (TPSA) is 60.4 Å². The first-order chi connectivity index (χ1) is 14.5. The Labute approximate surface area is 202 Å². The fraction of sp³-hybridized carbons (Fsp3) is 0.636. The van der Waals surface area contributed by atoms with Crippen molar-refractivity contribution in [1.29, 1.82) is 0 Å². The summed E-state index contributed by atoms with van der Waals surface area (Å²) in [4.78, 5) is 23.6. The molecule has 1 unspecified atom stereocenters. The summed E-state index contributed by atoms with van der Waals surface area (Å²) in [6, 6.07) is 6.04. The maximum atomic E-state index is 13.0. The monoisotopic (exact) mass is 547 g/mol. The Hall–Kier alpha value is -1.62. The molecule has 9 heteroatoms. The van der Waals surface area contributed by atoms with Gasteiger partial charge in [0.05, 0.1) is 13.1 Å². The van der Waals surface area contributed by atoms with Crippen LogP contribution in [0.1, 0.15) is 26.7 Å². The van der Waals surface area contributed by atoms with E-state index in [1.54, 1.807) is 12.1 Å². The molecule has 1 amide bonds. The van der Waals surface area contributed by atoms with Crippen LogP contribution in [-0.4, -0.2) is 91.6 Å². The van der Waals surface area contributed by atoms with Crippen LogP contribution in [-0.2, 0) is 4.79 Å². The zero-order valence-corrected chi connectivity index (χ0v) is 20.9. The minimum Gasteiger partial charge on any atom is -0.489 e. The third-order valence-electron chi connectivity index (χ3n) is 5.47. The molecule has 3 rings (SSSR count). The van der Waals surface area contributed by atoms with Crippen LogP contribution in [0, 0.1) is 5.82 Å². The number of hydrogen-bond acceptors (Lipinski definition) is 4. The number of likely N-dealkylation sites (tertiary alicyclic amines) is 1. The van der Waals surface area contributed by atoms with Gasteiger partial charge in [-0.3, -0.25) is 9.69 Å². The highest BCUT2D eigenvalue weighted by Gasteiger charge is 2.24. The Morgan fingerprint density at radius 2 is 1.74 bits per heavy atom. The first-order valence-electron chi connectivity index (χ1n) is 11.0. The molecule has 0 spiro atoms. The molecule has 1 N–H and O–H groups in total. The van der Waals surface area contributed by atoms with Gasteiger partial charge < -0.3 is 19.9 Å². The van der Waals surface area contributed by atoms with E-state index in [2.05, 4.69) is 22.0 Å². The van der Waals surface area contributed by atoms with Crippen LogP contribution in [0.15, 0.2) is 29.3 Å². The van der Waals surface area contributed by atoms with Crippen LogP contribution in [0.25, 0.3) is 0 Å². The lowest BCUT2D eigenvalue weighted by atomic mass is 10.3. The molecule has 174 valence electrons. The Bertz CT molecular complexity index is 704. The molecular formula is C22H35FIN5O2. The zero-order valence-electron chi connectivity index (χ0n) is 18.6. The van der Waals surface area contributed by atoms with Gasteiger partial charge in [-0.25, -0.2) is 9.38 Å². The van der Waals surface area contributed by atoms with Gasteiger partial charge in [0.1, 0.15) is 17.7 Å². The molecule has 0 saturated carbocycles. The maximum Gasteiger partial charge on any atom is 0.236 e. The number of rotatable bonds is 7. The number of benzene rings is 1. The number of aliphatic imine (C=N–C) groups is 1. The van der Waals surface area contributed by atoms with Gasteiger partial charge >= 0.3 is 0 Å². The van der Waals surface area contributed by atoms with E-state index in [1.165, 1.54) is 12.1 Å². The number of hydrogen-bond donors (Lipinski definition) is 1. The summed E-state index contributed by atoms with van der Waals surface area (Å²) in [5, 5.41) is 3.36. The number of guanidine groups is 1. The van der Waals surface area contributed by atoms with E-state index in [0.717, 1.165) is 64.6 Å². The molecule has 0 bridgehead atoms. The lowest BCUT2D eigenvalue weighted by molar-refractivity contribution is -0.131. The van der Waals surface area contributed by atoms with Gasteiger partial charge in [-0.1, -0.05) is 0 Å². The van der Waals surface area contributed by atoms with E-state index in [4.69, 9.17) is 9.73 Å². The lowest BCUT2D eigenvalue weighted by Gasteiger charge is -2.36. The Morgan fingerprint density at radius 1 is 1.10 bits per heavy atom. The Kier molecular flexibility index (Phi) is 10.8. The van der Waals surface area contributed by atoms with Crippen molar-refractivity contribution in [1.82, 2.24) is 20.0 Å². The van der Waals surface area contributed by atoms with Crippen LogP contribution in [0.3, 0.4) is 0 Å². The maximum absolute atomic E-state index is 13.0. The minimum atomic E-state index is -0.274. The molecule has 1 aromatic carbocycles. The van der Waals surface area contributed by atoms with Crippen molar-refractivity contribution in [2.75, 3.05) is 58.9 Å². The summed E-state index contributed by atoms with van der Waals surface area (Å²) >= 11 is 0. The number of nitrogens with one attached hydrogen (secondary N) is 1. The van der Waals surface area contributed by atoms with Gasteiger partial charge in [-0.15, -0.1) is 24.0 Å².